The maximum Gasteiger partial charge on any atom is 0.150 e. The lowest BCUT2D eigenvalue weighted by molar-refractivity contribution is 0.541. The zero-order valence-electron chi connectivity index (χ0n) is 8.70. The molecule has 0 aromatic heterocycles. The van der Waals surface area contributed by atoms with Crippen LogP contribution in [-0.4, -0.2) is 33.5 Å². The zero-order valence-corrected chi connectivity index (χ0v) is 9.52. The minimum Gasteiger partial charge on any atom is -0.319 e. The molecule has 1 unspecified atom stereocenters. The summed E-state index contributed by atoms with van der Waals surface area (Å²) < 4.78 is 22.6. The highest BCUT2D eigenvalue weighted by molar-refractivity contribution is 7.91. The van der Waals surface area contributed by atoms with Gasteiger partial charge in [0.25, 0.3) is 0 Å². The van der Waals surface area contributed by atoms with E-state index < -0.39 is 9.84 Å². The molecule has 1 N–H and O–H groups in total. The molecule has 14 heavy (non-hydrogen) atoms. The third-order valence-corrected chi connectivity index (χ3v) is 4.31. The van der Waals surface area contributed by atoms with E-state index in [0.29, 0.717) is 11.5 Å². The highest BCUT2D eigenvalue weighted by Gasteiger charge is 2.22. The highest BCUT2D eigenvalue weighted by Crippen LogP contribution is 2.19. The standard InChI is InChI=1S/C10H19NO2S/c1-11-7-3-2-5-10-6-4-8-14(12,13)9-10/h2,5,10-11H,3-4,6-9H2,1H3/b5-2-. The van der Waals surface area contributed by atoms with E-state index in [0.717, 1.165) is 25.8 Å². The van der Waals surface area contributed by atoms with Crippen LogP contribution in [0.25, 0.3) is 0 Å². The second-order valence-corrected chi connectivity index (χ2v) is 6.07. The van der Waals surface area contributed by atoms with Gasteiger partial charge in [0.1, 0.15) is 0 Å². The summed E-state index contributed by atoms with van der Waals surface area (Å²) in [4.78, 5) is 0. The number of hydrogen-bond acceptors (Lipinski definition) is 3. The lowest BCUT2D eigenvalue weighted by atomic mass is 10.0. The summed E-state index contributed by atoms with van der Waals surface area (Å²) >= 11 is 0. The Bertz CT molecular complexity index is 282. The van der Waals surface area contributed by atoms with Crippen molar-refractivity contribution in [3.63, 3.8) is 0 Å². The van der Waals surface area contributed by atoms with Gasteiger partial charge in [0.15, 0.2) is 9.84 Å². The van der Waals surface area contributed by atoms with Crippen molar-refractivity contribution in [1.29, 1.82) is 0 Å². The topological polar surface area (TPSA) is 46.2 Å². The molecule has 1 atom stereocenters. The summed E-state index contributed by atoms with van der Waals surface area (Å²) in [7, 11) is -0.826. The smallest absolute Gasteiger partial charge is 0.150 e. The highest BCUT2D eigenvalue weighted by atomic mass is 32.2. The maximum atomic E-state index is 11.3. The van der Waals surface area contributed by atoms with E-state index in [1.54, 1.807) is 0 Å². The summed E-state index contributed by atoms with van der Waals surface area (Å²) in [6.07, 6.45) is 6.97. The van der Waals surface area contributed by atoms with Crippen LogP contribution in [-0.2, 0) is 9.84 Å². The third-order valence-electron chi connectivity index (χ3n) is 2.47. The summed E-state index contributed by atoms with van der Waals surface area (Å²) in [6.45, 7) is 0.954. The number of hydrogen-bond donors (Lipinski definition) is 1. The van der Waals surface area contributed by atoms with Crippen LogP contribution in [0.15, 0.2) is 12.2 Å². The number of sulfone groups is 1. The first-order chi connectivity index (χ1) is 6.64. The Morgan fingerprint density at radius 1 is 1.50 bits per heavy atom. The quantitative estimate of drug-likeness (QED) is 0.564. The maximum absolute atomic E-state index is 11.3. The van der Waals surface area contributed by atoms with Crippen molar-refractivity contribution in [1.82, 2.24) is 5.32 Å². The van der Waals surface area contributed by atoms with Gasteiger partial charge in [-0.2, -0.15) is 0 Å². The van der Waals surface area contributed by atoms with Crippen molar-refractivity contribution in [2.24, 2.45) is 5.92 Å². The molecule has 3 nitrogen and oxygen atoms in total. The van der Waals surface area contributed by atoms with E-state index in [-0.39, 0.29) is 5.92 Å². The molecule has 1 heterocycles. The van der Waals surface area contributed by atoms with Crippen LogP contribution in [0.5, 0.6) is 0 Å². The van der Waals surface area contributed by atoms with E-state index in [2.05, 4.69) is 17.5 Å². The second-order valence-electron chi connectivity index (χ2n) is 3.84. The molecule has 1 rings (SSSR count). The molecular weight excluding hydrogens is 198 g/mol. The predicted octanol–water partition coefficient (Wildman–Crippen LogP) is 0.977. The van der Waals surface area contributed by atoms with E-state index >= 15 is 0 Å². The third kappa shape index (κ3) is 4.24. The second kappa shape index (κ2) is 5.51. The minimum absolute atomic E-state index is 0.255. The molecule has 82 valence electrons. The van der Waals surface area contributed by atoms with Crippen LogP contribution in [0, 0.1) is 5.92 Å². The van der Waals surface area contributed by atoms with Crippen molar-refractivity contribution in [3.05, 3.63) is 12.2 Å². The van der Waals surface area contributed by atoms with E-state index in [4.69, 9.17) is 0 Å². The zero-order chi connectivity index (χ0) is 10.4. The normalized spacial score (nSPS) is 26.8. The first-order valence-corrected chi connectivity index (χ1v) is 6.98. The van der Waals surface area contributed by atoms with Gasteiger partial charge in [-0.05, 0) is 38.8 Å². The molecule has 1 fully saturated rings. The van der Waals surface area contributed by atoms with Crippen LogP contribution in [0.4, 0.5) is 0 Å². The van der Waals surface area contributed by atoms with Gasteiger partial charge in [-0.3, -0.25) is 0 Å². The van der Waals surface area contributed by atoms with Gasteiger partial charge in [0.2, 0.25) is 0 Å². The minimum atomic E-state index is -2.74. The Morgan fingerprint density at radius 2 is 2.29 bits per heavy atom. The van der Waals surface area contributed by atoms with Gasteiger partial charge in [-0.25, -0.2) is 8.42 Å². The van der Waals surface area contributed by atoms with Crippen LogP contribution in [0.2, 0.25) is 0 Å². The molecule has 4 heteroatoms. The fourth-order valence-corrected chi connectivity index (χ4v) is 3.43. The van der Waals surface area contributed by atoms with Crippen molar-refractivity contribution in [3.8, 4) is 0 Å². The van der Waals surface area contributed by atoms with Gasteiger partial charge < -0.3 is 5.32 Å². The first-order valence-electron chi connectivity index (χ1n) is 5.16. The Balaban J connectivity index is 2.34. The van der Waals surface area contributed by atoms with Gasteiger partial charge in [-0.1, -0.05) is 12.2 Å². The monoisotopic (exact) mass is 217 g/mol. The van der Waals surface area contributed by atoms with E-state index in [1.807, 2.05) is 7.05 Å². The molecule has 0 aromatic carbocycles. The van der Waals surface area contributed by atoms with Crippen LogP contribution < -0.4 is 5.32 Å². The van der Waals surface area contributed by atoms with Crippen molar-refractivity contribution >= 4 is 9.84 Å². The summed E-state index contributed by atoms with van der Waals surface area (Å²) in [6, 6.07) is 0. The van der Waals surface area contributed by atoms with Gasteiger partial charge in [0.05, 0.1) is 11.5 Å². The Hall–Kier alpha value is -0.350. The van der Waals surface area contributed by atoms with Crippen LogP contribution in [0.1, 0.15) is 19.3 Å². The molecule has 1 aliphatic rings. The number of rotatable bonds is 4. The molecule has 0 aliphatic carbocycles. The van der Waals surface area contributed by atoms with Crippen molar-refractivity contribution in [2.75, 3.05) is 25.1 Å². The van der Waals surface area contributed by atoms with Crippen LogP contribution in [0.3, 0.4) is 0 Å². The molecule has 0 bridgehead atoms. The fourth-order valence-electron chi connectivity index (χ4n) is 1.73. The van der Waals surface area contributed by atoms with Crippen LogP contribution >= 0.6 is 0 Å². The Morgan fingerprint density at radius 3 is 2.93 bits per heavy atom. The van der Waals surface area contributed by atoms with E-state index in [9.17, 15) is 8.42 Å². The average molecular weight is 217 g/mol. The molecule has 0 aromatic rings. The van der Waals surface area contributed by atoms with Gasteiger partial charge >= 0.3 is 0 Å². The molecule has 0 amide bonds. The van der Waals surface area contributed by atoms with Gasteiger partial charge in [-0.15, -0.1) is 0 Å². The molecule has 0 spiro atoms. The Kier molecular flexibility index (Phi) is 4.62. The largest absolute Gasteiger partial charge is 0.319 e. The number of allylic oxidation sites excluding steroid dienone is 1. The molecular formula is C10H19NO2S. The molecule has 1 aliphatic heterocycles. The summed E-state index contributed by atoms with van der Waals surface area (Å²) in [5.74, 6) is 0.988. The molecule has 0 saturated carbocycles. The van der Waals surface area contributed by atoms with Crippen molar-refractivity contribution in [2.45, 2.75) is 19.3 Å². The van der Waals surface area contributed by atoms with Gasteiger partial charge in [0, 0.05) is 0 Å². The fraction of sp³-hybridized carbons (Fsp3) is 0.800. The SMILES string of the molecule is CNCC/C=C\C1CCCS(=O)(=O)C1. The van der Waals surface area contributed by atoms with Crippen molar-refractivity contribution < 1.29 is 8.42 Å². The number of nitrogens with one attached hydrogen (secondary N) is 1. The lowest BCUT2D eigenvalue weighted by Gasteiger charge is -2.18. The molecule has 1 saturated heterocycles. The summed E-state index contributed by atoms with van der Waals surface area (Å²) in [5, 5.41) is 3.05. The van der Waals surface area contributed by atoms with E-state index in [1.165, 1.54) is 0 Å². The Labute approximate surface area is 86.5 Å². The lowest BCUT2D eigenvalue weighted by Crippen LogP contribution is -2.23. The summed E-state index contributed by atoms with van der Waals surface area (Å²) in [5.41, 5.74) is 0. The average Bonchev–Trinajstić information content (AvgIpc) is 2.11. The first kappa shape index (κ1) is 11.7. The predicted molar refractivity (Wildman–Crippen MR) is 59.1 cm³/mol. The molecule has 0 radical (unpaired) electrons.